The third-order valence-electron chi connectivity index (χ3n) is 6.68. The first kappa shape index (κ1) is 20.0. The zero-order valence-electron chi connectivity index (χ0n) is 17.6. The fourth-order valence-electron chi connectivity index (χ4n) is 5.05. The van der Waals surface area contributed by atoms with Gasteiger partial charge >= 0.3 is 6.03 Å². The number of carbonyl (C=O) groups is 2. The number of unbranched alkanes of at least 4 members (excludes halogenated alkanes) is 1. The third kappa shape index (κ3) is 3.45. The van der Waals surface area contributed by atoms with Gasteiger partial charge in [0, 0.05) is 32.7 Å². The van der Waals surface area contributed by atoms with Crippen molar-refractivity contribution in [1.29, 1.82) is 0 Å². The Hall–Kier alpha value is -2.28. The van der Waals surface area contributed by atoms with Crippen LogP contribution in [0.2, 0.25) is 0 Å². The predicted octanol–water partition coefficient (Wildman–Crippen LogP) is 2.76. The maximum Gasteiger partial charge on any atom is 0.328 e. The van der Waals surface area contributed by atoms with Crippen molar-refractivity contribution >= 4 is 17.6 Å². The van der Waals surface area contributed by atoms with Crippen LogP contribution in [-0.4, -0.2) is 78.7 Å². The number of hydrogen-bond donors (Lipinski definition) is 0. The molecule has 7 heteroatoms. The van der Waals surface area contributed by atoms with E-state index in [0.29, 0.717) is 13.2 Å². The second-order valence-corrected chi connectivity index (χ2v) is 8.32. The molecule has 158 valence electrons. The molecule has 3 fully saturated rings. The Labute approximate surface area is 173 Å². The number of piperazine rings is 1. The number of anilines is 1. The number of benzene rings is 1. The Morgan fingerprint density at radius 3 is 2.55 bits per heavy atom. The van der Waals surface area contributed by atoms with Crippen molar-refractivity contribution in [1.82, 2.24) is 14.7 Å². The standard InChI is InChI=1S/C22H32N4O3/c1-3-4-10-22-11-7-12-26(22)21(28)25(20(22)27)17-23-13-15-24(16-14-23)18-8-5-6-9-19(18)29-2/h5-6,8-9H,3-4,7,10-17H2,1-2H3. The maximum absolute atomic E-state index is 13.3. The van der Waals surface area contributed by atoms with Crippen molar-refractivity contribution in [3.8, 4) is 5.75 Å². The Morgan fingerprint density at radius 2 is 1.83 bits per heavy atom. The van der Waals surface area contributed by atoms with Crippen molar-refractivity contribution in [2.75, 3.05) is 51.4 Å². The maximum atomic E-state index is 13.3. The van der Waals surface area contributed by atoms with E-state index in [4.69, 9.17) is 4.74 Å². The summed E-state index contributed by atoms with van der Waals surface area (Å²) in [6.07, 6.45) is 4.58. The SMILES string of the molecule is CCCCC12CCCN1C(=O)N(CN1CCN(c3ccccc3OC)CC1)C2=O. The van der Waals surface area contributed by atoms with E-state index in [2.05, 4.69) is 22.8 Å². The molecule has 3 amide bonds. The molecular formula is C22H32N4O3. The van der Waals surface area contributed by atoms with Gasteiger partial charge in [-0.3, -0.25) is 9.69 Å². The minimum absolute atomic E-state index is 0.0283. The van der Waals surface area contributed by atoms with Crippen molar-refractivity contribution in [2.24, 2.45) is 0 Å². The molecule has 0 radical (unpaired) electrons. The van der Waals surface area contributed by atoms with Crippen molar-refractivity contribution in [3.63, 3.8) is 0 Å². The van der Waals surface area contributed by atoms with Gasteiger partial charge in [0.2, 0.25) is 0 Å². The third-order valence-corrected chi connectivity index (χ3v) is 6.68. The molecule has 0 spiro atoms. The summed E-state index contributed by atoms with van der Waals surface area (Å²) >= 11 is 0. The molecule has 1 unspecified atom stereocenters. The number of para-hydroxylation sites is 2. The quantitative estimate of drug-likeness (QED) is 0.659. The molecule has 0 aliphatic carbocycles. The van der Waals surface area contributed by atoms with Gasteiger partial charge in [-0.1, -0.05) is 31.9 Å². The predicted molar refractivity (Wildman–Crippen MR) is 112 cm³/mol. The first-order valence-electron chi connectivity index (χ1n) is 10.8. The van der Waals surface area contributed by atoms with E-state index in [9.17, 15) is 9.59 Å². The lowest BCUT2D eigenvalue weighted by molar-refractivity contribution is -0.134. The van der Waals surface area contributed by atoms with E-state index in [0.717, 1.165) is 69.7 Å². The summed E-state index contributed by atoms with van der Waals surface area (Å²) in [6.45, 7) is 6.58. The molecule has 1 aromatic carbocycles. The summed E-state index contributed by atoms with van der Waals surface area (Å²) in [5.74, 6) is 0.907. The van der Waals surface area contributed by atoms with Crippen molar-refractivity contribution < 1.29 is 14.3 Å². The highest BCUT2D eigenvalue weighted by Crippen LogP contribution is 2.41. The number of imide groups is 1. The highest BCUT2D eigenvalue weighted by Gasteiger charge is 2.58. The van der Waals surface area contributed by atoms with Gasteiger partial charge in [0.05, 0.1) is 19.5 Å². The molecule has 3 aliphatic rings. The molecule has 0 N–H and O–H groups in total. The molecular weight excluding hydrogens is 368 g/mol. The van der Waals surface area contributed by atoms with Crippen LogP contribution in [0.1, 0.15) is 39.0 Å². The number of fused-ring (bicyclic) bond motifs is 1. The summed E-state index contributed by atoms with van der Waals surface area (Å²) in [5, 5.41) is 0. The second-order valence-electron chi connectivity index (χ2n) is 8.32. The highest BCUT2D eigenvalue weighted by molar-refractivity contribution is 6.07. The fraction of sp³-hybridized carbons (Fsp3) is 0.636. The lowest BCUT2D eigenvalue weighted by atomic mass is 9.90. The van der Waals surface area contributed by atoms with Gasteiger partial charge in [0.25, 0.3) is 5.91 Å². The molecule has 3 heterocycles. The first-order chi connectivity index (χ1) is 14.1. The van der Waals surface area contributed by atoms with Crippen molar-refractivity contribution in [3.05, 3.63) is 24.3 Å². The van der Waals surface area contributed by atoms with Crippen LogP contribution in [-0.2, 0) is 4.79 Å². The fourth-order valence-corrected chi connectivity index (χ4v) is 5.05. The summed E-state index contributed by atoms with van der Waals surface area (Å²) < 4.78 is 5.49. The number of ether oxygens (including phenoxy) is 1. The van der Waals surface area contributed by atoms with Crippen molar-refractivity contribution in [2.45, 2.75) is 44.6 Å². The molecule has 3 saturated heterocycles. The molecule has 0 aromatic heterocycles. The van der Waals surface area contributed by atoms with Crippen LogP contribution in [0, 0.1) is 0 Å². The summed E-state index contributed by atoms with van der Waals surface area (Å²) in [5.41, 5.74) is 0.536. The Balaban J connectivity index is 1.39. The average Bonchev–Trinajstić information content (AvgIpc) is 3.27. The number of nitrogens with zero attached hydrogens (tertiary/aromatic N) is 4. The molecule has 4 rings (SSSR count). The molecule has 0 bridgehead atoms. The lowest BCUT2D eigenvalue weighted by Crippen LogP contribution is -2.52. The van der Waals surface area contributed by atoms with Crippen LogP contribution in [0.25, 0.3) is 0 Å². The lowest BCUT2D eigenvalue weighted by Gasteiger charge is -2.37. The smallest absolute Gasteiger partial charge is 0.328 e. The number of hydrogen-bond acceptors (Lipinski definition) is 5. The summed E-state index contributed by atoms with van der Waals surface area (Å²) in [4.78, 5) is 34.2. The summed E-state index contributed by atoms with van der Waals surface area (Å²) in [6, 6.07) is 7.97. The number of rotatable bonds is 7. The van der Waals surface area contributed by atoms with Crippen LogP contribution in [0.15, 0.2) is 24.3 Å². The summed E-state index contributed by atoms with van der Waals surface area (Å²) in [7, 11) is 1.69. The average molecular weight is 401 g/mol. The number of methoxy groups -OCH3 is 1. The first-order valence-corrected chi connectivity index (χ1v) is 10.8. The molecule has 0 saturated carbocycles. The Morgan fingerprint density at radius 1 is 1.07 bits per heavy atom. The normalized spacial score (nSPS) is 25.1. The van der Waals surface area contributed by atoms with Crippen LogP contribution >= 0.6 is 0 Å². The zero-order chi connectivity index (χ0) is 20.4. The molecule has 29 heavy (non-hydrogen) atoms. The minimum atomic E-state index is -0.563. The second kappa shape index (κ2) is 8.22. The van der Waals surface area contributed by atoms with E-state index >= 15 is 0 Å². The highest BCUT2D eigenvalue weighted by atomic mass is 16.5. The molecule has 7 nitrogen and oxygen atoms in total. The van der Waals surface area contributed by atoms with Gasteiger partial charge in [0.1, 0.15) is 11.3 Å². The van der Waals surface area contributed by atoms with Gasteiger partial charge < -0.3 is 14.5 Å². The van der Waals surface area contributed by atoms with Gasteiger partial charge in [0.15, 0.2) is 0 Å². The molecule has 1 atom stereocenters. The van der Waals surface area contributed by atoms with Crippen LogP contribution in [0.3, 0.4) is 0 Å². The van der Waals surface area contributed by atoms with E-state index in [1.54, 1.807) is 7.11 Å². The minimum Gasteiger partial charge on any atom is -0.495 e. The van der Waals surface area contributed by atoms with Gasteiger partial charge in [-0.25, -0.2) is 9.69 Å². The largest absolute Gasteiger partial charge is 0.495 e. The zero-order valence-corrected chi connectivity index (χ0v) is 17.6. The molecule has 3 aliphatic heterocycles. The number of carbonyl (C=O) groups excluding carboxylic acids is 2. The van der Waals surface area contributed by atoms with Crippen LogP contribution in [0.4, 0.5) is 10.5 Å². The van der Waals surface area contributed by atoms with E-state index < -0.39 is 5.54 Å². The van der Waals surface area contributed by atoms with Gasteiger partial charge in [-0.05, 0) is 31.4 Å². The number of urea groups is 1. The molecule has 1 aromatic rings. The van der Waals surface area contributed by atoms with Gasteiger partial charge in [-0.2, -0.15) is 0 Å². The monoisotopic (exact) mass is 400 g/mol. The van der Waals surface area contributed by atoms with E-state index in [1.165, 1.54) is 4.90 Å². The van der Waals surface area contributed by atoms with E-state index in [-0.39, 0.29) is 11.9 Å². The van der Waals surface area contributed by atoms with Gasteiger partial charge in [-0.15, -0.1) is 0 Å². The van der Waals surface area contributed by atoms with Crippen LogP contribution in [0.5, 0.6) is 5.75 Å². The topological polar surface area (TPSA) is 56.3 Å². The van der Waals surface area contributed by atoms with E-state index in [1.807, 2.05) is 23.1 Å². The Kier molecular flexibility index (Phi) is 5.67. The van der Waals surface area contributed by atoms with Crippen LogP contribution < -0.4 is 9.64 Å². The number of amides is 3. The Bertz CT molecular complexity index is 762.